The minimum atomic E-state index is -0.622. The molecule has 132 valence electrons. The van der Waals surface area contributed by atoms with Gasteiger partial charge in [-0.05, 0) is 43.2 Å². The van der Waals surface area contributed by atoms with Crippen LogP contribution >= 0.6 is 0 Å². The summed E-state index contributed by atoms with van der Waals surface area (Å²) in [6, 6.07) is 9.87. The molecule has 3 amide bonds. The summed E-state index contributed by atoms with van der Waals surface area (Å²) in [6.07, 6.45) is 1.42. The van der Waals surface area contributed by atoms with Gasteiger partial charge in [-0.25, -0.2) is 4.39 Å². The number of nitrogens with one attached hydrogen (secondary N) is 2. The molecule has 1 atom stereocenters. The molecule has 2 aliphatic rings. The number of fused-ring (bicyclic) bond motifs is 2. The number of nitrogens with zero attached hydrogens (tertiary/aromatic N) is 1. The Kier molecular flexibility index (Phi) is 3.91. The van der Waals surface area contributed by atoms with E-state index in [0.717, 1.165) is 6.42 Å². The van der Waals surface area contributed by atoms with E-state index in [2.05, 4.69) is 10.6 Å². The number of halogens is 1. The molecule has 2 heterocycles. The number of amides is 3. The quantitative estimate of drug-likeness (QED) is 0.871. The molecule has 0 radical (unpaired) electrons. The number of carbonyl (C=O) groups is 3. The Morgan fingerprint density at radius 3 is 2.81 bits per heavy atom. The molecular formula is C19H16FN3O3. The molecule has 0 saturated carbocycles. The first-order chi connectivity index (χ1) is 12.5. The maximum Gasteiger partial charge on any atom is 0.258 e. The molecule has 2 aromatic rings. The number of hydrogen-bond acceptors (Lipinski definition) is 3. The lowest BCUT2D eigenvalue weighted by molar-refractivity contribution is -0.119. The third kappa shape index (κ3) is 2.71. The average molecular weight is 353 g/mol. The topological polar surface area (TPSA) is 78.5 Å². The fraction of sp³-hybridized carbons (Fsp3) is 0.211. The summed E-state index contributed by atoms with van der Waals surface area (Å²) in [5.74, 6) is -1.67. The second kappa shape index (κ2) is 6.25. The van der Waals surface area contributed by atoms with E-state index in [4.69, 9.17) is 0 Å². The first-order valence-electron chi connectivity index (χ1n) is 8.36. The van der Waals surface area contributed by atoms with Crippen molar-refractivity contribution in [2.24, 2.45) is 0 Å². The van der Waals surface area contributed by atoms with Gasteiger partial charge in [0.25, 0.3) is 11.8 Å². The fourth-order valence-electron chi connectivity index (χ4n) is 3.40. The Morgan fingerprint density at radius 2 is 2.00 bits per heavy atom. The van der Waals surface area contributed by atoms with E-state index < -0.39 is 17.8 Å². The lowest BCUT2D eigenvalue weighted by Gasteiger charge is -2.20. The summed E-state index contributed by atoms with van der Waals surface area (Å²) < 4.78 is 13.8. The summed E-state index contributed by atoms with van der Waals surface area (Å²) in [5, 5.41) is 5.37. The third-order valence-electron chi connectivity index (χ3n) is 4.70. The van der Waals surface area contributed by atoms with Crippen molar-refractivity contribution >= 4 is 29.1 Å². The van der Waals surface area contributed by atoms with Crippen LogP contribution in [0.1, 0.15) is 33.6 Å². The Bertz CT molecular complexity index is 928. The van der Waals surface area contributed by atoms with Crippen molar-refractivity contribution in [3.8, 4) is 0 Å². The van der Waals surface area contributed by atoms with Gasteiger partial charge < -0.3 is 15.5 Å². The van der Waals surface area contributed by atoms with E-state index in [1.54, 1.807) is 23.1 Å². The highest BCUT2D eigenvalue weighted by molar-refractivity contribution is 6.11. The van der Waals surface area contributed by atoms with Crippen LogP contribution in [0.15, 0.2) is 42.5 Å². The van der Waals surface area contributed by atoms with Gasteiger partial charge >= 0.3 is 0 Å². The highest BCUT2D eigenvalue weighted by Gasteiger charge is 2.38. The van der Waals surface area contributed by atoms with Crippen LogP contribution < -0.4 is 10.6 Å². The number of carbonyl (C=O) groups excluding carboxylic acids is 3. The summed E-state index contributed by atoms with van der Waals surface area (Å²) in [6.45, 7) is 0.530. The molecule has 1 fully saturated rings. The number of hydrogen-bond donors (Lipinski definition) is 2. The molecule has 0 aromatic heterocycles. The monoisotopic (exact) mass is 353 g/mol. The Labute approximate surface area is 149 Å². The van der Waals surface area contributed by atoms with Crippen molar-refractivity contribution in [2.45, 2.75) is 18.9 Å². The van der Waals surface area contributed by atoms with E-state index in [0.29, 0.717) is 29.9 Å². The van der Waals surface area contributed by atoms with E-state index >= 15 is 0 Å². The molecular weight excluding hydrogens is 337 g/mol. The summed E-state index contributed by atoms with van der Waals surface area (Å²) in [5.41, 5.74) is 1.01. The normalized spacial score (nSPS) is 18.7. The van der Waals surface area contributed by atoms with Gasteiger partial charge in [-0.15, -0.1) is 0 Å². The predicted octanol–water partition coefficient (Wildman–Crippen LogP) is 2.63. The molecule has 0 unspecified atom stereocenters. The minimum absolute atomic E-state index is 0.0818. The van der Waals surface area contributed by atoms with Crippen LogP contribution in [0.2, 0.25) is 0 Å². The van der Waals surface area contributed by atoms with Crippen LogP contribution in [0.25, 0.3) is 0 Å². The van der Waals surface area contributed by atoms with Crippen molar-refractivity contribution in [3.05, 3.63) is 59.4 Å². The lowest BCUT2D eigenvalue weighted by atomic mass is 10.1. The van der Waals surface area contributed by atoms with Crippen molar-refractivity contribution in [1.29, 1.82) is 0 Å². The van der Waals surface area contributed by atoms with Crippen LogP contribution in [0, 0.1) is 5.82 Å². The number of benzene rings is 2. The molecule has 0 bridgehead atoms. The van der Waals surface area contributed by atoms with E-state index in [1.807, 2.05) is 0 Å². The Morgan fingerprint density at radius 1 is 1.19 bits per heavy atom. The van der Waals surface area contributed by atoms with E-state index in [1.165, 1.54) is 24.3 Å². The molecule has 1 saturated heterocycles. The zero-order chi connectivity index (χ0) is 18.3. The first kappa shape index (κ1) is 16.3. The van der Waals surface area contributed by atoms with Gasteiger partial charge in [-0.2, -0.15) is 0 Å². The summed E-state index contributed by atoms with van der Waals surface area (Å²) in [4.78, 5) is 38.9. The third-order valence-corrected chi connectivity index (χ3v) is 4.70. The fourth-order valence-corrected chi connectivity index (χ4v) is 3.40. The molecule has 26 heavy (non-hydrogen) atoms. The SMILES string of the molecule is O=C(Nc1ccc2c(c1)C(=O)N1CCC[C@@H]1C(=O)N2)c1ccccc1F. The van der Waals surface area contributed by atoms with Gasteiger partial charge in [0.1, 0.15) is 11.9 Å². The molecule has 0 aliphatic carbocycles. The van der Waals surface area contributed by atoms with Gasteiger partial charge in [-0.3, -0.25) is 14.4 Å². The van der Waals surface area contributed by atoms with Gasteiger partial charge in [0, 0.05) is 12.2 Å². The van der Waals surface area contributed by atoms with Gasteiger partial charge in [0.05, 0.1) is 16.8 Å². The zero-order valence-electron chi connectivity index (χ0n) is 13.8. The molecule has 7 heteroatoms. The van der Waals surface area contributed by atoms with Crippen LogP contribution in [0.3, 0.4) is 0 Å². The number of anilines is 2. The Hall–Kier alpha value is -3.22. The second-order valence-electron chi connectivity index (χ2n) is 6.34. The molecule has 6 nitrogen and oxygen atoms in total. The van der Waals surface area contributed by atoms with Gasteiger partial charge in [-0.1, -0.05) is 12.1 Å². The zero-order valence-corrected chi connectivity index (χ0v) is 13.8. The molecule has 2 aromatic carbocycles. The maximum absolute atomic E-state index is 13.8. The van der Waals surface area contributed by atoms with E-state index in [9.17, 15) is 18.8 Å². The molecule has 2 aliphatic heterocycles. The predicted molar refractivity (Wildman–Crippen MR) is 93.5 cm³/mol. The average Bonchev–Trinajstić information content (AvgIpc) is 3.09. The largest absolute Gasteiger partial charge is 0.327 e. The standard InChI is InChI=1S/C19H16FN3O3/c20-14-5-2-1-4-12(14)17(24)21-11-7-8-15-13(10-11)19(26)23-9-3-6-16(23)18(25)22-15/h1-2,4-5,7-8,10,16H,3,6,9H2,(H,21,24)(H,22,25)/t16-/m1/s1. The van der Waals surface area contributed by atoms with Crippen molar-refractivity contribution in [2.75, 3.05) is 17.2 Å². The molecule has 2 N–H and O–H groups in total. The van der Waals surface area contributed by atoms with Crippen molar-refractivity contribution in [3.63, 3.8) is 0 Å². The summed E-state index contributed by atoms with van der Waals surface area (Å²) >= 11 is 0. The van der Waals surface area contributed by atoms with Gasteiger partial charge in [0.2, 0.25) is 5.91 Å². The lowest BCUT2D eigenvalue weighted by Crippen LogP contribution is -2.40. The van der Waals surface area contributed by atoms with Gasteiger partial charge in [0.15, 0.2) is 0 Å². The summed E-state index contributed by atoms with van der Waals surface area (Å²) in [7, 11) is 0. The van der Waals surface area contributed by atoms with Crippen LogP contribution in [-0.4, -0.2) is 35.2 Å². The second-order valence-corrected chi connectivity index (χ2v) is 6.34. The highest BCUT2D eigenvalue weighted by atomic mass is 19.1. The van der Waals surface area contributed by atoms with Crippen molar-refractivity contribution < 1.29 is 18.8 Å². The van der Waals surface area contributed by atoms with Crippen LogP contribution in [0.4, 0.5) is 15.8 Å². The van der Waals surface area contributed by atoms with Crippen molar-refractivity contribution in [1.82, 2.24) is 4.90 Å². The molecule has 0 spiro atoms. The van der Waals surface area contributed by atoms with Crippen LogP contribution in [0.5, 0.6) is 0 Å². The maximum atomic E-state index is 13.8. The minimum Gasteiger partial charge on any atom is -0.327 e. The smallest absolute Gasteiger partial charge is 0.258 e. The highest BCUT2D eigenvalue weighted by Crippen LogP contribution is 2.30. The Balaban J connectivity index is 1.64. The van der Waals surface area contributed by atoms with Crippen LogP contribution in [-0.2, 0) is 4.79 Å². The number of rotatable bonds is 2. The molecule has 4 rings (SSSR count). The van der Waals surface area contributed by atoms with E-state index in [-0.39, 0.29) is 17.4 Å². The first-order valence-corrected chi connectivity index (χ1v) is 8.36.